The summed E-state index contributed by atoms with van der Waals surface area (Å²) in [6.07, 6.45) is 2.16. The summed E-state index contributed by atoms with van der Waals surface area (Å²) in [6, 6.07) is 10.1. The summed E-state index contributed by atoms with van der Waals surface area (Å²) in [5.74, 6) is 0.651. The molecule has 2 amide bonds. The van der Waals surface area contributed by atoms with Gasteiger partial charge in [0.25, 0.3) is 0 Å². The Morgan fingerprint density at radius 3 is 2.63 bits per heavy atom. The second-order valence-corrected chi connectivity index (χ2v) is 5.46. The number of amides is 2. The molecule has 4 heteroatoms. The van der Waals surface area contributed by atoms with Gasteiger partial charge in [0.2, 0.25) is 11.8 Å². The lowest BCUT2D eigenvalue weighted by Crippen LogP contribution is -2.55. The predicted octanol–water partition coefficient (Wildman–Crippen LogP) is 0.966. The number of carbonyl (C=O) groups excluding carboxylic acids is 2. The molecule has 1 aromatic carbocycles. The molecule has 0 radical (unpaired) electrons. The quantitative estimate of drug-likeness (QED) is 0.878. The zero-order chi connectivity index (χ0) is 13.2. The third-order valence-corrected chi connectivity index (χ3v) is 3.93. The SMILES string of the molecule is O=C1CC[C@H](C(=O)N2CC(Cc3ccccc3)C2)N1. The largest absolute Gasteiger partial charge is 0.344 e. The van der Waals surface area contributed by atoms with Crippen molar-refractivity contribution in [1.82, 2.24) is 10.2 Å². The molecule has 3 rings (SSSR count). The number of likely N-dealkylation sites (tertiary alicyclic amines) is 1. The van der Waals surface area contributed by atoms with Crippen LogP contribution in [0.15, 0.2) is 30.3 Å². The van der Waals surface area contributed by atoms with Crippen LogP contribution in [0.5, 0.6) is 0 Å². The number of nitrogens with one attached hydrogen (secondary N) is 1. The molecule has 1 N–H and O–H groups in total. The fourth-order valence-corrected chi connectivity index (χ4v) is 2.85. The number of rotatable bonds is 3. The van der Waals surface area contributed by atoms with Crippen LogP contribution in [0.1, 0.15) is 18.4 Å². The summed E-state index contributed by atoms with van der Waals surface area (Å²) < 4.78 is 0. The molecule has 0 bridgehead atoms. The van der Waals surface area contributed by atoms with Crippen molar-refractivity contribution in [3.63, 3.8) is 0 Å². The molecule has 2 fully saturated rings. The number of nitrogens with zero attached hydrogens (tertiary/aromatic N) is 1. The molecule has 2 aliphatic rings. The van der Waals surface area contributed by atoms with Crippen molar-refractivity contribution in [3.8, 4) is 0 Å². The molecular weight excluding hydrogens is 240 g/mol. The average Bonchev–Trinajstić information content (AvgIpc) is 2.80. The van der Waals surface area contributed by atoms with E-state index in [4.69, 9.17) is 0 Å². The average molecular weight is 258 g/mol. The van der Waals surface area contributed by atoms with Crippen molar-refractivity contribution in [2.24, 2.45) is 5.92 Å². The van der Waals surface area contributed by atoms with E-state index in [9.17, 15) is 9.59 Å². The number of carbonyl (C=O) groups is 2. The highest BCUT2D eigenvalue weighted by Gasteiger charge is 2.36. The van der Waals surface area contributed by atoms with E-state index in [0.717, 1.165) is 19.5 Å². The first-order valence-electron chi connectivity index (χ1n) is 6.84. The first-order chi connectivity index (χ1) is 9.22. The lowest BCUT2D eigenvalue weighted by molar-refractivity contribution is -0.140. The summed E-state index contributed by atoms with van der Waals surface area (Å²) in [5, 5.41) is 2.74. The lowest BCUT2D eigenvalue weighted by atomic mass is 9.91. The third-order valence-electron chi connectivity index (χ3n) is 3.93. The first-order valence-corrected chi connectivity index (χ1v) is 6.84. The topological polar surface area (TPSA) is 49.4 Å². The Labute approximate surface area is 112 Å². The number of benzene rings is 1. The lowest BCUT2D eigenvalue weighted by Gasteiger charge is -2.40. The van der Waals surface area contributed by atoms with Gasteiger partial charge in [0.1, 0.15) is 6.04 Å². The Kier molecular flexibility index (Phi) is 3.23. The molecule has 100 valence electrons. The number of hydrogen-bond donors (Lipinski definition) is 1. The molecule has 0 aliphatic carbocycles. The van der Waals surface area contributed by atoms with E-state index in [1.165, 1.54) is 5.56 Å². The Hall–Kier alpha value is -1.84. The molecule has 1 atom stereocenters. The zero-order valence-electron chi connectivity index (χ0n) is 10.8. The monoisotopic (exact) mass is 258 g/mol. The molecule has 0 saturated carbocycles. The second kappa shape index (κ2) is 5.03. The van der Waals surface area contributed by atoms with E-state index in [1.54, 1.807) is 0 Å². The predicted molar refractivity (Wildman–Crippen MR) is 71.4 cm³/mol. The molecule has 2 saturated heterocycles. The zero-order valence-corrected chi connectivity index (χ0v) is 10.8. The van der Waals surface area contributed by atoms with E-state index < -0.39 is 0 Å². The van der Waals surface area contributed by atoms with Gasteiger partial charge in [-0.25, -0.2) is 0 Å². The minimum Gasteiger partial charge on any atom is -0.344 e. The molecule has 19 heavy (non-hydrogen) atoms. The van der Waals surface area contributed by atoms with Crippen LogP contribution in [0.25, 0.3) is 0 Å². The van der Waals surface area contributed by atoms with Crippen LogP contribution in [0.2, 0.25) is 0 Å². The van der Waals surface area contributed by atoms with Crippen LogP contribution in [-0.4, -0.2) is 35.8 Å². The molecule has 1 aromatic rings. The van der Waals surface area contributed by atoms with Gasteiger partial charge < -0.3 is 10.2 Å². The van der Waals surface area contributed by atoms with Crippen LogP contribution in [0.4, 0.5) is 0 Å². The van der Waals surface area contributed by atoms with Crippen molar-refractivity contribution in [1.29, 1.82) is 0 Å². The van der Waals surface area contributed by atoms with E-state index in [1.807, 2.05) is 23.1 Å². The Bertz CT molecular complexity index is 480. The minimum absolute atomic E-state index is 0.000269. The highest BCUT2D eigenvalue weighted by Crippen LogP contribution is 2.22. The van der Waals surface area contributed by atoms with Gasteiger partial charge in [-0.05, 0) is 24.3 Å². The van der Waals surface area contributed by atoms with Gasteiger partial charge in [0, 0.05) is 19.5 Å². The smallest absolute Gasteiger partial charge is 0.245 e. The maximum atomic E-state index is 12.1. The highest BCUT2D eigenvalue weighted by molar-refractivity contribution is 5.91. The van der Waals surface area contributed by atoms with Crippen molar-refractivity contribution in [2.75, 3.05) is 13.1 Å². The molecule has 0 spiro atoms. The van der Waals surface area contributed by atoms with Crippen LogP contribution in [0, 0.1) is 5.92 Å². The van der Waals surface area contributed by atoms with Crippen molar-refractivity contribution in [2.45, 2.75) is 25.3 Å². The van der Waals surface area contributed by atoms with Crippen LogP contribution < -0.4 is 5.32 Å². The van der Waals surface area contributed by atoms with Crippen LogP contribution in [-0.2, 0) is 16.0 Å². The highest BCUT2D eigenvalue weighted by atomic mass is 16.2. The van der Waals surface area contributed by atoms with Gasteiger partial charge in [-0.1, -0.05) is 30.3 Å². The summed E-state index contributed by atoms with van der Waals surface area (Å²) in [5.41, 5.74) is 1.33. The van der Waals surface area contributed by atoms with Crippen LogP contribution in [0.3, 0.4) is 0 Å². The molecule has 2 heterocycles. The first kappa shape index (κ1) is 12.2. The Balaban J connectivity index is 1.47. The maximum absolute atomic E-state index is 12.1. The van der Waals surface area contributed by atoms with E-state index in [-0.39, 0.29) is 17.9 Å². The van der Waals surface area contributed by atoms with Gasteiger partial charge >= 0.3 is 0 Å². The van der Waals surface area contributed by atoms with Gasteiger partial charge in [0.15, 0.2) is 0 Å². The summed E-state index contributed by atoms with van der Waals surface area (Å²) in [6.45, 7) is 1.64. The normalized spacial score (nSPS) is 23.1. The summed E-state index contributed by atoms with van der Waals surface area (Å²) in [7, 11) is 0. The van der Waals surface area contributed by atoms with Crippen LogP contribution >= 0.6 is 0 Å². The maximum Gasteiger partial charge on any atom is 0.245 e. The van der Waals surface area contributed by atoms with E-state index in [0.29, 0.717) is 18.8 Å². The van der Waals surface area contributed by atoms with Crippen molar-refractivity contribution < 1.29 is 9.59 Å². The van der Waals surface area contributed by atoms with Gasteiger partial charge in [-0.2, -0.15) is 0 Å². The molecular formula is C15H18N2O2. The molecule has 0 unspecified atom stereocenters. The second-order valence-electron chi connectivity index (χ2n) is 5.46. The van der Waals surface area contributed by atoms with E-state index >= 15 is 0 Å². The molecule has 2 aliphatic heterocycles. The van der Waals surface area contributed by atoms with Gasteiger partial charge in [0.05, 0.1) is 0 Å². The summed E-state index contributed by atoms with van der Waals surface area (Å²) >= 11 is 0. The third kappa shape index (κ3) is 2.62. The fourth-order valence-electron chi connectivity index (χ4n) is 2.85. The molecule has 4 nitrogen and oxygen atoms in total. The summed E-state index contributed by atoms with van der Waals surface area (Å²) in [4.78, 5) is 25.1. The number of hydrogen-bond acceptors (Lipinski definition) is 2. The van der Waals surface area contributed by atoms with E-state index in [2.05, 4.69) is 17.4 Å². The van der Waals surface area contributed by atoms with Gasteiger partial charge in [-0.15, -0.1) is 0 Å². The van der Waals surface area contributed by atoms with Gasteiger partial charge in [-0.3, -0.25) is 9.59 Å². The minimum atomic E-state index is -0.273. The fraction of sp³-hybridized carbons (Fsp3) is 0.467. The molecule has 0 aromatic heterocycles. The van der Waals surface area contributed by atoms with Crippen molar-refractivity contribution >= 4 is 11.8 Å². The Morgan fingerprint density at radius 2 is 2.00 bits per heavy atom. The Morgan fingerprint density at radius 1 is 1.26 bits per heavy atom. The van der Waals surface area contributed by atoms with Crippen molar-refractivity contribution in [3.05, 3.63) is 35.9 Å². The standard InChI is InChI=1S/C15H18N2O2/c18-14-7-6-13(16-14)15(19)17-9-12(10-17)8-11-4-2-1-3-5-11/h1-5,12-13H,6-10H2,(H,16,18)/t13-/m1/s1.